The fourth-order valence-corrected chi connectivity index (χ4v) is 4.68. The third-order valence-corrected chi connectivity index (χ3v) is 6.61. The van der Waals surface area contributed by atoms with Crippen molar-refractivity contribution < 1.29 is 33.6 Å². The highest BCUT2D eigenvalue weighted by Crippen LogP contribution is 2.44. The van der Waals surface area contributed by atoms with Crippen molar-refractivity contribution in [2.45, 2.75) is 33.7 Å². The normalized spacial score (nSPS) is 16.4. The summed E-state index contributed by atoms with van der Waals surface area (Å²) in [6, 6.07) is 16.4. The Balaban J connectivity index is 1.87. The van der Waals surface area contributed by atoms with Crippen LogP contribution in [0.4, 0.5) is 5.69 Å². The molecule has 1 atom stereocenters. The molecule has 0 radical (unpaired) electrons. The summed E-state index contributed by atoms with van der Waals surface area (Å²) in [4.78, 5) is 28.5. The van der Waals surface area contributed by atoms with E-state index in [0.717, 1.165) is 5.56 Å². The minimum Gasteiger partial charge on any atom is -0.507 e. The van der Waals surface area contributed by atoms with Gasteiger partial charge in [-0.1, -0.05) is 19.9 Å². The van der Waals surface area contributed by atoms with Crippen molar-refractivity contribution in [3.05, 3.63) is 82.9 Å². The molecule has 4 rings (SSSR count). The van der Waals surface area contributed by atoms with Crippen LogP contribution in [-0.4, -0.2) is 44.2 Å². The molecule has 210 valence electrons. The molecule has 0 spiro atoms. The molecule has 40 heavy (non-hydrogen) atoms. The number of hydrogen-bond acceptors (Lipinski definition) is 7. The summed E-state index contributed by atoms with van der Waals surface area (Å²) in [7, 11) is 3.04. The quantitative estimate of drug-likeness (QED) is 0.188. The molecule has 0 bridgehead atoms. The third kappa shape index (κ3) is 5.61. The van der Waals surface area contributed by atoms with E-state index in [0.29, 0.717) is 58.9 Å². The number of aliphatic hydroxyl groups is 1. The van der Waals surface area contributed by atoms with Crippen molar-refractivity contribution in [2.75, 3.05) is 32.3 Å². The van der Waals surface area contributed by atoms with E-state index in [-0.39, 0.29) is 11.3 Å². The van der Waals surface area contributed by atoms with E-state index in [1.807, 2.05) is 13.8 Å². The second-order valence-corrected chi connectivity index (χ2v) is 9.90. The smallest absolute Gasteiger partial charge is 0.300 e. The molecule has 1 aliphatic heterocycles. The number of rotatable bonds is 10. The van der Waals surface area contributed by atoms with E-state index in [2.05, 4.69) is 13.8 Å². The molecule has 1 unspecified atom stereocenters. The zero-order valence-electron chi connectivity index (χ0n) is 23.7. The highest BCUT2D eigenvalue weighted by molar-refractivity contribution is 6.51. The molecule has 1 aliphatic rings. The summed E-state index contributed by atoms with van der Waals surface area (Å²) >= 11 is 0. The lowest BCUT2D eigenvalue weighted by molar-refractivity contribution is -0.132. The van der Waals surface area contributed by atoms with Crippen molar-refractivity contribution >= 4 is 23.1 Å². The first-order chi connectivity index (χ1) is 19.2. The molecule has 1 heterocycles. The first-order valence-electron chi connectivity index (χ1n) is 13.2. The van der Waals surface area contributed by atoms with Crippen LogP contribution in [0.5, 0.6) is 23.0 Å². The summed E-state index contributed by atoms with van der Waals surface area (Å²) in [6.45, 7) is 8.93. The second-order valence-electron chi connectivity index (χ2n) is 9.90. The van der Waals surface area contributed by atoms with Crippen molar-refractivity contribution in [1.29, 1.82) is 0 Å². The van der Waals surface area contributed by atoms with E-state index in [1.54, 1.807) is 60.7 Å². The molecule has 1 fully saturated rings. The maximum Gasteiger partial charge on any atom is 0.300 e. The summed E-state index contributed by atoms with van der Waals surface area (Å²) in [5, 5.41) is 11.5. The van der Waals surface area contributed by atoms with Gasteiger partial charge in [-0.05, 0) is 85.5 Å². The first kappa shape index (κ1) is 28.5. The Morgan fingerprint density at radius 3 is 2.17 bits per heavy atom. The van der Waals surface area contributed by atoms with E-state index < -0.39 is 17.7 Å². The Morgan fingerprint density at radius 1 is 0.900 bits per heavy atom. The standard InChI is InChI=1S/C32H35NO7/c1-7-39-24-12-10-23(11-13-24)33-29(21-8-15-26(37-5)27(17-21)38-6)28(31(35)32(33)36)30(34)22-9-14-25(20(4)16-22)40-18-19(2)3/h8-17,19,29,34H,7,18H2,1-6H3/b30-28-. The Labute approximate surface area is 234 Å². The topological polar surface area (TPSA) is 94.5 Å². The molecule has 1 amide bonds. The lowest BCUT2D eigenvalue weighted by Gasteiger charge is -2.26. The third-order valence-electron chi connectivity index (χ3n) is 6.61. The predicted octanol–water partition coefficient (Wildman–Crippen LogP) is 6.07. The minimum atomic E-state index is -0.921. The van der Waals surface area contributed by atoms with Gasteiger partial charge in [0.05, 0.1) is 39.0 Å². The molecule has 3 aromatic carbocycles. The van der Waals surface area contributed by atoms with Gasteiger partial charge < -0.3 is 24.1 Å². The van der Waals surface area contributed by atoms with Crippen LogP contribution in [0.3, 0.4) is 0 Å². The summed E-state index contributed by atoms with van der Waals surface area (Å²) in [5.74, 6) is 0.801. The summed E-state index contributed by atoms with van der Waals surface area (Å²) < 4.78 is 22.3. The van der Waals surface area contributed by atoms with Gasteiger partial charge in [0.2, 0.25) is 0 Å². The molecule has 8 heteroatoms. The highest BCUT2D eigenvalue weighted by atomic mass is 16.5. The van der Waals surface area contributed by atoms with Crippen LogP contribution in [-0.2, 0) is 9.59 Å². The highest BCUT2D eigenvalue weighted by Gasteiger charge is 2.47. The minimum absolute atomic E-state index is 0.0265. The Hall–Kier alpha value is -4.46. The van der Waals surface area contributed by atoms with Crippen LogP contribution in [0.15, 0.2) is 66.2 Å². The average Bonchev–Trinajstić information content (AvgIpc) is 3.22. The average molecular weight is 546 g/mol. The van der Waals surface area contributed by atoms with E-state index in [1.165, 1.54) is 19.1 Å². The number of anilines is 1. The van der Waals surface area contributed by atoms with Gasteiger partial charge in [-0.15, -0.1) is 0 Å². The van der Waals surface area contributed by atoms with Gasteiger partial charge in [0.25, 0.3) is 11.7 Å². The van der Waals surface area contributed by atoms with Gasteiger partial charge in [0, 0.05) is 11.3 Å². The van der Waals surface area contributed by atoms with Crippen LogP contribution in [0.2, 0.25) is 0 Å². The molecule has 8 nitrogen and oxygen atoms in total. The van der Waals surface area contributed by atoms with E-state index in [9.17, 15) is 14.7 Å². The fraction of sp³-hybridized carbons (Fsp3) is 0.312. The molecule has 1 saturated heterocycles. The maximum atomic E-state index is 13.5. The molecular weight excluding hydrogens is 510 g/mol. The number of ether oxygens (including phenoxy) is 4. The van der Waals surface area contributed by atoms with Gasteiger partial charge >= 0.3 is 0 Å². The molecule has 0 saturated carbocycles. The number of hydrogen-bond donors (Lipinski definition) is 1. The molecule has 1 N–H and O–H groups in total. The van der Waals surface area contributed by atoms with Gasteiger partial charge in [-0.2, -0.15) is 0 Å². The van der Waals surface area contributed by atoms with Crippen LogP contribution >= 0.6 is 0 Å². The molecular formula is C32H35NO7. The van der Waals surface area contributed by atoms with Gasteiger partial charge in [-0.3, -0.25) is 14.5 Å². The predicted molar refractivity (Wildman–Crippen MR) is 153 cm³/mol. The zero-order chi connectivity index (χ0) is 29.0. The number of carbonyl (C=O) groups excluding carboxylic acids is 2. The molecule has 0 aromatic heterocycles. The Bertz CT molecular complexity index is 1430. The number of ketones is 1. The first-order valence-corrected chi connectivity index (χ1v) is 13.2. The van der Waals surface area contributed by atoms with Crippen molar-refractivity contribution in [3.8, 4) is 23.0 Å². The Kier molecular flexibility index (Phi) is 8.67. The van der Waals surface area contributed by atoms with E-state index in [4.69, 9.17) is 18.9 Å². The number of nitrogens with zero attached hydrogens (tertiary/aromatic N) is 1. The lowest BCUT2D eigenvalue weighted by atomic mass is 9.94. The maximum absolute atomic E-state index is 13.5. The number of Topliss-reactive ketones (excluding diaryl/α,β-unsaturated/α-hetero) is 1. The largest absolute Gasteiger partial charge is 0.507 e. The lowest BCUT2D eigenvalue weighted by Crippen LogP contribution is -2.29. The number of aliphatic hydroxyl groups excluding tert-OH is 1. The SMILES string of the molecule is CCOc1ccc(N2C(=O)C(=O)/C(=C(\O)c3ccc(OCC(C)C)c(C)c3)C2c2ccc(OC)c(OC)c2)cc1. The summed E-state index contributed by atoms with van der Waals surface area (Å²) in [5.41, 5.74) is 2.23. The van der Waals surface area contributed by atoms with Crippen LogP contribution in [0, 0.1) is 12.8 Å². The van der Waals surface area contributed by atoms with Gasteiger partial charge in [0.15, 0.2) is 11.5 Å². The number of aryl methyl sites for hydroxylation is 1. The summed E-state index contributed by atoms with van der Waals surface area (Å²) in [6.07, 6.45) is 0. The van der Waals surface area contributed by atoms with Crippen LogP contribution in [0.25, 0.3) is 5.76 Å². The van der Waals surface area contributed by atoms with E-state index >= 15 is 0 Å². The Morgan fingerprint density at radius 2 is 1.57 bits per heavy atom. The van der Waals surface area contributed by atoms with Gasteiger partial charge in [-0.25, -0.2) is 0 Å². The number of carbonyl (C=O) groups is 2. The molecule has 3 aromatic rings. The van der Waals surface area contributed by atoms with Crippen molar-refractivity contribution in [1.82, 2.24) is 0 Å². The zero-order valence-corrected chi connectivity index (χ0v) is 23.7. The van der Waals surface area contributed by atoms with Crippen LogP contribution < -0.4 is 23.8 Å². The van der Waals surface area contributed by atoms with Crippen molar-refractivity contribution in [3.63, 3.8) is 0 Å². The number of benzene rings is 3. The van der Waals surface area contributed by atoms with Gasteiger partial charge in [0.1, 0.15) is 17.3 Å². The molecule has 0 aliphatic carbocycles. The second kappa shape index (κ2) is 12.2. The monoisotopic (exact) mass is 545 g/mol. The fourth-order valence-electron chi connectivity index (χ4n) is 4.68. The van der Waals surface area contributed by atoms with Crippen LogP contribution in [0.1, 0.15) is 43.5 Å². The number of amides is 1. The van der Waals surface area contributed by atoms with Crippen molar-refractivity contribution in [2.24, 2.45) is 5.92 Å². The number of methoxy groups -OCH3 is 2.